The number of carbonyl (C=O) groups excluding carboxylic acids is 2. The Balaban J connectivity index is 4.13. The number of aliphatic carboxylic acids is 1. The van der Waals surface area contributed by atoms with Crippen molar-refractivity contribution in [3.8, 4) is 0 Å². The Bertz CT molecular complexity index is 1760. The Labute approximate surface area is 524 Å². The molecule has 0 aromatic heterocycles. The first-order chi connectivity index (χ1) is 41.6. The van der Waals surface area contributed by atoms with Gasteiger partial charge in [-0.2, -0.15) is 0 Å². The third-order valence-electron chi connectivity index (χ3n) is 15.0. The lowest BCUT2D eigenvalue weighted by atomic mass is 10.0. The minimum Gasteiger partial charge on any atom is -0.477 e. The fourth-order valence-corrected chi connectivity index (χ4v) is 9.67. The predicted molar refractivity (Wildman–Crippen MR) is 364 cm³/mol. The zero-order valence-corrected chi connectivity index (χ0v) is 55.7. The van der Waals surface area contributed by atoms with Gasteiger partial charge in [0, 0.05) is 12.8 Å². The number of nitrogens with zero attached hydrogens (tertiary/aromatic N) is 1. The number of hydrogen-bond acceptors (Lipinski definition) is 7. The van der Waals surface area contributed by atoms with Crippen LogP contribution >= 0.6 is 0 Å². The topological polar surface area (TPSA) is 108 Å². The molecule has 0 saturated carbocycles. The van der Waals surface area contributed by atoms with Crippen LogP contribution in [0.4, 0.5) is 0 Å². The molecule has 488 valence electrons. The number of ether oxygens (including phenoxy) is 4. The van der Waals surface area contributed by atoms with E-state index in [9.17, 15) is 19.5 Å². The Morgan fingerprint density at radius 2 is 0.671 bits per heavy atom. The summed E-state index contributed by atoms with van der Waals surface area (Å²) >= 11 is 0. The molecule has 2 unspecified atom stereocenters. The molecule has 2 atom stereocenters. The molecule has 0 saturated heterocycles. The van der Waals surface area contributed by atoms with Crippen molar-refractivity contribution in [2.45, 2.75) is 309 Å². The van der Waals surface area contributed by atoms with Gasteiger partial charge in [0.25, 0.3) is 6.29 Å². The number of carboxylic acid groups (broad SMARTS) is 1. The van der Waals surface area contributed by atoms with E-state index in [0.29, 0.717) is 23.9 Å². The fourth-order valence-electron chi connectivity index (χ4n) is 9.67. The van der Waals surface area contributed by atoms with Gasteiger partial charge in [0.05, 0.1) is 34.4 Å². The van der Waals surface area contributed by atoms with Crippen LogP contribution in [0.2, 0.25) is 0 Å². The summed E-state index contributed by atoms with van der Waals surface area (Å²) in [6, 6.07) is 0. The summed E-state index contributed by atoms with van der Waals surface area (Å²) < 4.78 is 23.0. The summed E-state index contributed by atoms with van der Waals surface area (Å²) in [5.74, 6) is -2.00. The SMILES string of the molecule is CC/C=C\C/C=C\C/C=C\C/C=C\C/C=C\C/C=C\C/C=C\C/C=C\CCCCCCCCCCCCCCC(=O)OC(COC(=O)CCCCCCCCCCCCC/C=C\CCCCCCCCCC)COC(OCC[N+](C)(C)C)C(=O)O. The van der Waals surface area contributed by atoms with Crippen LogP contribution in [0.1, 0.15) is 296 Å². The van der Waals surface area contributed by atoms with E-state index in [4.69, 9.17) is 18.9 Å². The molecule has 9 nitrogen and oxygen atoms in total. The van der Waals surface area contributed by atoms with Crippen molar-refractivity contribution in [3.63, 3.8) is 0 Å². The standard InChI is InChI=1S/C76H131NO8/c1-6-8-10-12-14-16-18-20-22-24-26-28-30-31-32-33-34-35-36-37-38-39-40-41-42-43-45-47-49-51-53-55-57-59-61-63-65-67-74(79)85-72(71-84-76(75(80)81)82-69-68-77(3,4)5)70-83-73(78)66-64-62-60-58-56-54-52-50-48-46-44-29-27-25-23-21-19-17-15-13-11-9-7-2/h8,10,14,16,20,22,25-28,31-32,34-35,37-38,40-41,72,76H,6-7,9,11-13,15,17-19,21,23-24,29-30,33,36,39,42-71H2,1-5H3/p+1/b10-8-,16-14-,22-20-,27-25-,28-26-,32-31-,35-34-,38-37-,41-40-. The highest BCUT2D eigenvalue weighted by molar-refractivity contribution is 5.71. The molecule has 85 heavy (non-hydrogen) atoms. The first kappa shape index (κ1) is 81.0. The molecule has 0 spiro atoms. The summed E-state index contributed by atoms with van der Waals surface area (Å²) in [4.78, 5) is 37.6. The van der Waals surface area contributed by atoms with Gasteiger partial charge in [0.2, 0.25) is 0 Å². The number of carbonyl (C=O) groups is 3. The molecule has 0 aliphatic heterocycles. The Kier molecular flexibility index (Phi) is 62.8. The summed E-state index contributed by atoms with van der Waals surface area (Å²) in [6.07, 6.45) is 89.1. The molecule has 0 aliphatic carbocycles. The van der Waals surface area contributed by atoms with Crippen molar-refractivity contribution in [3.05, 3.63) is 109 Å². The number of likely N-dealkylation sites (N-methyl/N-ethyl adjacent to an activating group) is 1. The highest BCUT2D eigenvalue weighted by atomic mass is 16.7. The number of carboxylic acids is 1. The van der Waals surface area contributed by atoms with Crippen LogP contribution in [0.3, 0.4) is 0 Å². The molecule has 0 aromatic carbocycles. The molecule has 0 radical (unpaired) electrons. The maximum atomic E-state index is 12.9. The van der Waals surface area contributed by atoms with Crippen LogP contribution in [-0.2, 0) is 33.3 Å². The second kappa shape index (κ2) is 65.9. The van der Waals surface area contributed by atoms with Crippen LogP contribution in [0.5, 0.6) is 0 Å². The van der Waals surface area contributed by atoms with E-state index in [1.165, 1.54) is 173 Å². The highest BCUT2D eigenvalue weighted by Gasteiger charge is 2.25. The minimum atomic E-state index is -1.52. The Morgan fingerprint density at radius 3 is 1.01 bits per heavy atom. The van der Waals surface area contributed by atoms with Gasteiger partial charge >= 0.3 is 17.9 Å². The van der Waals surface area contributed by atoms with Crippen molar-refractivity contribution < 1.29 is 42.9 Å². The Hall–Kier alpha value is -4.05. The maximum absolute atomic E-state index is 12.9. The average molecular weight is 1190 g/mol. The molecular weight excluding hydrogens is 1050 g/mol. The van der Waals surface area contributed by atoms with Crippen molar-refractivity contribution in [1.29, 1.82) is 0 Å². The highest BCUT2D eigenvalue weighted by Crippen LogP contribution is 2.17. The summed E-state index contributed by atoms with van der Waals surface area (Å²) in [7, 11) is 5.98. The van der Waals surface area contributed by atoms with Crippen LogP contribution in [0.25, 0.3) is 0 Å². The van der Waals surface area contributed by atoms with Gasteiger partial charge in [-0.05, 0) is 103 Å². The van der Waals surface area contributed by atoms with Gasteiger partial charge in [-0.25, -0.2) is 4.79 Å². The van der Waals surface area contributed by atoms with Crippen LogP contribution < -0.4 is 0 Å². The van der Waals surface area contributed by atoms with Gasteiger partial charge in [-0.1, -0.05) is 290 Å². The first-order valence-corrected chi connectivity index (χ1v) is 35.1. The van der Waals surface area contributed by atoms with E-state index in [1.807, 2.05) is 21.1 Å². The van der Waals surface area contributed by atoms with E-state index in [0.717, 1.165) is 89.9 Å². The maximum Gasteiger partial charge on any atom is 0.361 e. The van der Waals surface area contributed by atoms with Gasteiger partial charge in [0.1, 0.15) is 13.2 Å². The summed E-state index contributed by atoms with van der Waals surface area (Å²) in [5, 5.41) is 9.74. The van der Waals surface area contributed by atoms with E-state index in [-0.39, 0.29) is 32.2 Å². The zero-order valence-electron chi connectivity index (χ0n) is 55.7. The second-order valence-electron chi connectivity index (χ2n) is 24.5. The van der Waals surface area contributed by atoms with E-state index in [1.54, 1.807) is 0 Å². The molecule has 1 N–H and O–H groups in total. The molecule has 0 bridgehead atoms. The first-order valence-electron chi connectivity index (χ1n) is 35.1. The third-order valence-corrected chi connectivity index (χ3v) is 15.0. The monoisotopic (exact) mass is 1190 g/mol. The van der Waals surface area contributed by atoms with Crippen LogP contribution in [0.15, 0.2) is 109 Å². The lowest BCUT2D eigenvalue weighted by Gasteiger charge is -2.25. The van der Waals surface area contributed by atoms with Gasteiger partial charge in [-0.15, -0.1) is 0 Å². The molecule has 0 heterocycles. The molecular formula is C76H132NO8+. The minimum absolute atomic E-state index is 0.184. The van der Waals surface area contributed by atoms with E-state index in [2.05, 4.69) is 123 Å². The number of esters is 2. The molecule has 0 aromatic rings. The third kappa shape index (κ3) is 67.3. The van der Waals surface area contributed by atoms with Crippen molar-refractivity contribution in [2.24, 2.45) is 0 Å². The molecule has 9 heteroatoms. The predicted octanol–water partition coefficient (Wildman–Crippen LogP) is 21.8. The Morgan fingerprint density at radius 1 is 0.365 bits per heavy atom. The summed E-state index contributed by atoms with van der Waals surface area (Å²) in [6.45, 7) is 4.78. The lowest BCUT2D eigenvalue weighted by molar-refractivity contribution is -0.870. The van der Waals surface area contributed by atoms with Gasteiger partial charge in [0.15, 0.2) is 6.10 Å². The van der Waals surface area contributed by atoms with Crippen LogP contribution in [0, 0.1) is 0 Å². The summed E-state index contributed by atoms with van der Waals surface area (Å²) in [5.41, 5.74) is 0. The molecule has 0 amide bonds. The van der Waals surface area contributed by atoms with Gasteiger partial charge in [-0.3, -0.25) is 9.59 Å². The number of unbranched alkanes of at least 4 members (excludes halogenated alkanes) is 31. The average Bonchev–Trinajstić information content (AvgIpc) is 3.48. The molecule has 0 aliphatic rings. The quantitative estimate of drug-likeness (QED) is 0.0211. The van der Waals surface area contributed by atoms with Crippen molar-refractivity contribution in [1.82, 2.24) is 0 Å². The van der Waals surface area contributed by atoms with Crippen molar-refractivity contribution >= 4 is 17.9 Å². The number of allylic oxidation sites excluding steroid dienone is 18. The lowest BCUT2D eigenvalue weighted by Crippen LogP contribution is -2.40. The second-order valence-corrected chi connectivity index (χ2v) is 24.5. The molecule has 0 rings (SSSR count). The zero-order chi connectivity index (χ0) is 61.9. The fraction of sp³-hybridized carbons (Fsp3) is 0.724. The van der Waals surface area contributed by atoms with Gasteiger partial charge < -0.3 is 28.5 Å². The molecule has 0 fully saturated rings. The van der Waals surface area contributed by atoms with E-state index >= 15 is 0 Å². The van der Waals surface area contributed by atoms with E-state index < -0.39 is 24.3 Å². The van der Waals surface area contributed by atoms with Crippen LogP contribution in [-0.4, -0.2) is 87.4 Å². The number of hydrogen-bond donors (Lipinski definition) is 1. The normalized spacial score (nSPS) is 13.4. The van der Waals surface area contributed by atoms with Crippen molar-refractivity contribution in [2.75, 3.05) is 47.5 Å². The smallest absolute Gasteiger partial charge is 0.361 e. The number of quaternary nitrogens is 1. The number of rotatable bonds is 64. The largest absolute Gasteiger partial charge is 0.477 e.